The van der Waals surface area contributed by atoms with Gasteiger partial charge in [-0.3, -0.25) is 4.79 Å². The molecule has 0 bridgehead atoms. The molecule has 0 radical (unpaired) electrons. The first-order valence-corrected chi connectivity index (χ1v) is 8.74. The van der Waals surface area contributed by atoms with Crippen LogP contribution in [0.15, 0.2) is 53.3 Å². The Morgan fingerprint density at radius 3 is 2.48 bits per heavy atom. The Hall–Kier alpha value is -2.83. The maximum Gasteiger partial charge on any atom is 0.248 e. The SMILES string of the molecule is COc1ccc(C(C)(C)NC[C@H](O)c2ccc(O)c3[nH]c(=O)ccc23)cc1. The van der Waals surface area contributed by atoms with E-state index >= 15 is 0 Å². The molecule has 0 saturated heterocycles. The summed E-state index contributed by atoms with van der Waals surface area (Å²) in [5.41, 5.74) is 1.36. The number of aromatic nitrogens is 1. The summed E-state index contributed by atoms with van der Waals surface area (Å²) in [6, 6.07) is 13.9. The van der Waals surface area contributed by atoms with Crippen molar-refractivity contribution in [2.75, 3.05) is 13.7 Å². The number of hydrogen-bond donors (Lipinski definition) is 4. The molecule has 0 aliphatic rings. The van der Waals surface area contributed by atoms with Crippen molar-refractivity contribution in [1.29, 1.82) is 0 Å². The van der Waals surface area contributed by atoms with Crippen molar-refractivity contribution in [3.63, 3.8) is 0 Å². The van der Waals surface area contributed by atoms with Crippen LogP contribution in [0.3, 0.4) is 0 Å². The number of H-pyrrole nitrogens is 1. The summed E-state index contributed by atoms with van der Waals surface area (Å²) in [5.74, 6) is 0.768. The third-order valence-corrected chi connectivity index (χ3v) is 4.81. The molecule has 142 valence electrons. The van der Waals surface area contributed by atoms with Gasteiger partial charge in [0, 0.05) is 23.5 Å². The molecule has 0 aliphatic carbocycles. The summed E-state index contributed by atoms with van der Waals surface area (Å²) in [6.45, 7) is 4.37. The van der Waals surface area contributed by atoms with Gasteiger partial charge in [0.1, 0.15) is 11.5 Å². The van der Waals surface area contributed by atoms with Gasteiger partial charge in [0.2, 0.25) is 5.56 Å². The standard InChI is InChI=1S/C21H24N2O4/c1-21(2,13-4-6-14(27-3)7-5-13)22-12-18(25)15-8-10-17(24)20-16(15)9-11-19(26)23-20/h4-11,18,22,24-25H,12H2,1-3H3,(H,23,26)/t18-/m0/s1. The second kappa shape index (κ2) is 7.42. The van der Waals surface area contributed by atoms with Gasteiger partial charge in [-0.1, -0.05) is 18.2 Å². The molecule has 6 heteroatoms. The number of hydrogen-bond acceptors (Lipinski definition) is 5. The van der Waals surface area contributed by atoms with Crippen LogP contribution >= 0.6 is 0 Å². The van der Waals surface area contributed by atoms with Gasteiger partial charge in [0.05, 0.1) is 18.7 Å². The fraction of sp³-hybridized carbons (Fsp3) is 0.286. The quantitative estimate of drug-likeness (QED) is 0.537. The van der Waals surface area contributed by atoms with Crippen molar-refractivity contribution in [3.05, 3.63) is 70.0 Å². The molecule has 2 aromatic carbocycles. The van der Waals surface area contributed by atoms with Crippen LogP contribution in [0.4, 0.5) is 0 Å². The maximum atomic E-state index is 11.5. The van der Waals surface area contributed by atoms with Gasteiger partial charge in [-0.25, -0.2) is 0 Å². The Morgan fingerprint density at radius 1 is 1.11 bits per heavy atom. The minimum atomic E-state index is -0.809. The normalized spacial score (nSPS) is 12.9. The third-order valence-electron chi connectivity index (χ3n) is 4.81. The number of phenols is 1. The highest BCUT2D eigenvalue weighted by Crippen LogP contribution is 2.29. The van der Waals surface area contributed by atoms with Crippen LogP contribution in [0.1, 0.15) is 31.1 Å². The minimum absolute atomic E-state index is 0.0230. The maximum absolute atomic E-state index is 11.5. The van der Waals surface area contributed by atoms with Crippen molar-refractivity contribution in [3.8, 4) is 11.5 Å². The lowest BCUT2D eigenvalue weighted by molar-refractivity contribution is 0.162. The van der Waals surface area contributed by atoms with Gasteiger partial charge < -0.3 is 25.3 Å². The first kappa shape index (κ1) is 18.9. The van der Waals surface area contributed by atoms with Crippen molar-refractivity contribution in [2.45, 2.75) is 25.5 Å². The van der Waals surface area contributed by atoms with Crippen LogP contribution in [-0.4, -0.2) is 28.9 Å². The lowest BCUT2D eigenvalue weighted by Gasteiger charge is -2.29. The molecule has 1 aromatic heterocycles. The molecular weight excluding hydrogens is 344 g/mol. The average Bonchev–Trinajstić information content (AvgIpc) is 2.67. The average molecular weight is 368 g/mol. The van der Waals surface area contributed by atoms with E-state index < -0.39 is 6.10 Å². The van der Waals surface area contributed by atoms with Crippen LogP contribution in [0.5, 0.6) is 11.5 Å². The van der Waals surface area contributed by atoms with Crippen molar-refractivity contribution >= 4 is 10.9 Å². The van der Waals surface area contributed by atoms with E-state index in [1.54, 1.807) is 19.2 Å². The number of pyridine rings is 1. The van der Waals surface area contributed by atoms with Gasteiger partial charge in [-0.15, -0.1) is 0 Å². The number of ether oxygens (including phenoxy) is 1. The highest BCUT2D eigenvalue weighted by Gasteiger charge is 2.22. The Morgan fingerprint density at radius 2 is 1.81 bits per heavy atom. The van der Waals surface area contributed by atoms with E-state index in [9.17, 15) is 15.0 Å². The molecule has 0 amide bonds. The van der Waals surface area contributed by atoms with Crippen LogP contribution in [0.2, 0.25) is 0 Å². The number of aromatic amines is 1. The van der Waals surface area contributed by atoms with E-state index in [2.05, 4.69) is 10.3 Å². The number of aromatic hydroxyl groups is 1. The topological polar surface area (TPSA) is 94.6 Å². The van der Waals surface area contributed by atoms with Crippen LogP contribution < -0.4 is 15.6 Å². The van der Waals surface area contributed by atoms with E-state index in [1.807, 2.05) is 38.1 Å². The molecule has 0 spiro atoms. The molecule has 1 atom stereocenters. The second-order valence-electron chi connectivity index (χ2n) is 7.04. The van der Waals surface area contributed by atoms with Gasteiger partial charge in [-0.05, 0) is 49.2 Å². The smallest absolute Gasteiger partial charge is 0.248 e. The molecule has 3 rings (SSSR count). The summed E-state index contributed by atoms with van der Waals surface area (Å²) in [4.78, 5) is 14.1. The number of methoxy groups -OCH3 is 1. The van der Waals surface area contributed by atoms with E-state index in [0.29, 0.717) is 23.0 Å². The number of phenolic OH excluding ortho intramolecular Hbond substituents is 1. The molecule has 0 aliphatic heterocycles. The number of aliphatic hydroxyl groups is 1. The van der Waals surface area contributed by atoms with E-state index in [0.717, 1.165) is 11.3 Å². The van der Waals surface area contributed by atoms with E-state index in [1.165, 1.54) is 12.1 Å². The van der Waals surface area contributed by atoms with Gasteiger partial charge in [-0.2, -0.15) is 0 Å². The molecule has 0 unspecified atom stereocenters. The molecular formula is C21H24N2O4. The fourth-order valence-electron chi connectivity index (χ4n) is 3.12. The largest absolute Gasteiger partial charge is 0.506 e. The van der Waals surface area contributed by atoms with Crippen molar-refractivity contribution in [2.24, 2.45) is 0 Å². The zero-order valence-corrected chi connectivity index (χ0v) is 15.6. The molecule has 27 heavy (non-hydrogen) atoms. The molecule has 4 N–H and O–H groups in total. The Kier molecular flexibility index (Phi) is 5.21. The summed E-state index contributed by atoms with van der Waals surface area (Å²) in [5, 5.41) is 24.7. The van der Waals surface area contributed by atoms with E-state index in [-0.39, 0.29) is 16.8 Å². The number of nitrogens with one attached hydrogen (secondary N) is 2. The molecule has 3 aromatic rings. The highest BCUT2D eigenvalue weighted by atomic mass is 16.5. The third kappa shape index (κ3) is 3.97. The lowest BCUT2D eigenvalue weighted by Crippen LogP contribution is -2.39. The van der Waals surface area contributed by atoms with Crippen LogP contribution in [0, 0.1) is 0 Å². The van der Waals surface area contributed by atoms with Crippen LogP contribution in [0.25, 0.3) is 10.9 Å². The number of rotatable bonds is 6. The number of aliphatic hydroxyl groups excluding tert-OH is 1. The first-order chi connectivity index (χ1) is 12.8. The molecule has 6 nitrogen and oxygen atoms in total. The summed E-state index contributed by atoms with van der Waals surface area (Å²) in [6.07, 6.45) is -0.809. The summed E-state index contributed by atoms with van der Waals surface area (Å²) in [7, 11) is 1.63. The predicted molar refractivity (Wildman–Crippen MR) is 105 cm³/mol. The zero-order chi connectivity index (χ0) is 19.6. The van der Waals surface area contributed by atoms with Gasteiger partial charge >= 0.3 is 0 Å². The van der Waals surface area contributed by atoms with Crippen molar-refractivity contribution in [1.82, 2.24) is 10.3 Å². The number of fused-ring (bicyclic) bond motifs is 1. The Balaban J connectivity index is 1.81. The fourth-order valence-corrected chi connectivity index (χ4v) is 3.12. The lowest BCUT2D eigenvalue weighted by atomic mass is 9.93. The van der Waals surface area contributed by atoms with Crippen LogP contribution in [-0.2, 0) is 5.54 Å². The van der Waals surface area contributed by atoms with Gasteiger partial charge in [0.25, 0.3) is 0 Å². The monoisotopic (exact) mass is 368 g/mol. The number of benzene rings is 2. The summed E-state index contributed by atoms with van der Waals surface area (Å²) < 4.78 is 5.19. The first-order valence-electron chi connectivity index (χ1n) is 8.74. The Bertz CT molecular complexity index is 993. The van der Waals surface area contributed by atoms with Crippen molar-refractivity contribution < 1.29 is 14.9 Å². The zero-order valence-electron chi connectivity index (χ0n) is 15.6. The minimum Gasteiger partial charge on any atom is -0.506 e. The highest BCUT2D eigenvalue weighted by molar-refractivity contribution is 5.87. The summed E-state index contributed by atoms with van der Waals surface area (Å²) >= 11 is 0. The second-order valence-corrected chi connectivity index (χ2v) is 7.04. The Labute approximate surface area is 157 Å². The predicted octanol–water partition coefficient (Wildman–Crippen LogP) is 2.80. The van der Waals surface area contributed by atoms with E-state index in [4.69, 9.17) is 4.74 Å². The molecule has 1 heterocycles. The molecule has 0 saturated carbocycles. The molecule has 0 fully saturated rings. The van der Waals surface area contributed by atoms with Gasteiger partial charge in [0.15, 0.2) is 0 Å².